The van der Waals surface area contributed by atoms with Crippen LogP contribution in [0, 0.1) is 6.92 Å². The maximum Gasteiger partial charge on any atom is 0.252 e. The summed E-state index contributed by atoms with van der Waals surface area (Å²) in [7, 11) is 0. The van der Waals surface area contributed by atoms with Crippen molar-refractivity contribution < 1.29 is 0 Å². The summed E-state index contributed by atoms with van der Waals surface area (Å²) in [4.78, 5) is 15.0. The van der Waals surface area contributed by atoms with Crippen molar-refractivity contribution in [3.63, 3.8) is 0 Å². The molecule has 0 atom stereocenters. The average Bonchev–Trinajstić information content (AvgIpc) is 2.89. The van der Waals surface area contributed by atoms with Gasteiger partial charge >= 0.3 is 0 Å². The van der Waals surface area contributed by atoms with E-state index in [9.17, 15) is 4.79 Å². The van der Waals surface area contributed by atoms with Gasteiger partial charge in [-0.1, -0.05) is 25.0 Å². The van der Waals surface area contributed by atoms with Crippen LogP contribution in [0.4, 0.5) is 0 Å². The highest BCUT2D eigenvalue weighted by atomic mass is 16.1. The Labute approximate surface area is 113 Å². The van der Waals surface area contributed by atoms with Crippen LogP contribution in [-0.2, 0) is 6.54 Å². The van der Waals surface area contributed by atoms with Crippen molar-refractivity contribution in [2.75, 3.05) is 0 Å². The Bertz CT molecular complexity index is 639. The second kappa shape index (κ2) is 5.17. The first-order valence-corrected chi connectivity index (χ1v) is 7.08. The van der Waals surface area contributed by atoms with E-state index in [4.69, 9.17) is 0 Å². The third-order valence-corrected chi connectivity index (χ3v) is 4.01. The van der Waals surface area contributed by atoms with Gasteiger partial charge < -0.3 is 10.3 Å². The molecule has 0 spiro atoms. The quantitative estimate of drug-likeness (QED) is 0.887. The largest absolute Gasteiger partial charge is 0.322 e. The van der Waals surface area contributed by atoms with Gasteiger partial charge in [-0.2, -0.15) is 0 Å². The minimum Gasteiger partial charge on any atom is -0.322 e. The molecule has 1 aliphatic carbocycles. The molecule has 100 valence electrons. The van der Waals surface area contributed by atoms with Gasteiger partial charge in [0.15, 0.2) is 0 Å². The van der Waals surface area contributed by atoms with E-state index in [1.54, 1.807) is 0 Å². The van der Waals surface area contributed by atoms with Gasteiger partial charge in [0.05, 0.1) is 0 Å². The predicted molar refractivity (Wildman–Crippen MR) is 78.4 cm³/mol. The van der Waals surface area contributed by atoms with E-state index in [-0.39, 0.29) is 5.56 Å². The molecule has 0 unspecified atom stereocenters. The summed E-state index contributed by atoms with van der Waals surface area (Å²) in [6, 6.07) is 8.77. The SMILES string of the molecule is Cc1ccc2cc(CNC3CCCC3)c(=O)[nH]c2c1. The molecular formula is C16H20N2O. The van der Waals surface area contributed by atoms with Gasteiger partial charge in [0.25, 0.3) is 5.56 Å². The molecule has 0 aliphatic heterocycles. The molecule has 19 heavy (non-hydrogen) atoms. The Balaban J connectivity index is 1.84. The first-order valence-electron chi connectivity index (χ1n) is 7.08. The zero-order chi connectivity index (χ0) is 13.2. The van der Waals surface area contributed by atoms with Crippen LogP contribution < -0.4 is 10.9 Å². The summed E-state index contributed by atoms with van der Waals surface area (Å²) in [5.74, 6) is 0. The molecule has 2 aromatic rings. The van der Waals surface area contributed by atoms with Gasteiger partial charge in [-0.3, -0.25) is 4.79 Å². The summed E-state index contributed by atoms with van der Waals surface area (Å²) in [6.45, 7) is 2.71. The van der Waals surface area contributed by atoms with Crippen molar-refractivity contribution in [2.24, 2.45) is 0 Å². The standard InChI is InChI=1S/C16H20N2O/c1-11-6-7-12-9-13(16(19)18-15(12)8-11)10-17-14-4-2-3-5-14/h6-9,14,17H,2-5,10H2,1H3,(H,18,19). The van der Waals surface area contributed by atoms with Crippen LogP contribution in [0.15, 0.2) is 29.1 Å². The Kier molecular flexibility index (Phi) is 3.38. The summed E-state index contributed by atoms with van der Waals surface area (Å²) in [5, 5.41) is 4.60. The van der Waals surface area contributed by atoms with E-state index in [1.165, 1.54) is 31.2 Å². The van der Waals surface area contributed by atoms with Crippen molar-refractivity contribution >= 4 is 10.9 Å². The van der Waals surface area contributed by atoms with E-state index in [0.717, 1.165) is 16.5 Å². The fourth-order valence-electron chi connectivity index (χ4n) is 2.88. The van der Waals surface area contributed by atoms with E-state index < -0.39 is 0 Å². The van der Waals surface area contributed by atoms with Crippen LogP contribution in [0.1, 0.15) is 36.8 Å². The third-order valence-electron chi connectivity index (χ3n) is 4.01. The van der Waals surface area contributed by atoms with Crippen LogP contribution in [0.25, 0.3) is 10.9 Å². The Morgan fingerprint density at radius 2 is 2.05 bits per heavy atom. The van der Waals surface area contributed by atoms with E-state index in [2.05, 4.69) is 22.4 Å². The number of hydrogen-bond donors (Lipinski definition) is 2. The summed E-state index contributed by atoms with van der Waals surface area (Å²) in [5.41, 5.74) is 2.96. The molecule has 0 amide bonds. The number of aromatic amines is 1. The minimum absolute atomic E-state index is 0.0311. The Morgan fingerprint density at radius 1 is 1.26 bits per heavy atom. The van der Waals surface area contributed by atoms with Crippen LogP contribution in [0.3, 0.4) is 0 Å². The molecule has 0 saturated heterocycles. The van der Waals surface area contributed by atoms with Crippen LogP contribution in [0.2, 0.25) is 0 Å². The molecule has 1 aliphatic rings. The van der Waals surface area contributed by atoms with Crippen molar-refractivity contribution in [3.8, 4) is 0 Å². The molecule has 3 nitrogen and oxygen atoms in total. The van der Waals surface area contributed by atoms with E-state index in [1.807, 2.05) is 19.1 Å². The smallest absolute Gasteiger partial charge is 0.252 e. The molecule has 0 radical (unpaired) electrons. The van der Waals surface area contributed by atoms with E-state index >= 15 is 0 Å². The number of rotatable bonds is 3. The Morgan fingerprint density at radius 3 is 2.84 bits per heavy atom. The number of fused-ring (bicyclic) bond motifs is 1. The molecule has 2 N–H and O–H groups in total. The molecule has 1 heterocycles. The lowest BCUT2D eigenvalue weighted by Crippen LogP contribution is -2.28. The monoisotopic (exact) mass is 256 g/mol. The highest BCUT2D eigenvalue weighted by molar-refractivity contribution is 5.79. The topological polar surface area (TPSA) is 44.9 Å². The zero-order valence-electron chi connectivity index (χ0n) is 11.3. The van der Waals surface area contributed by atoms with Gasteiger partial charge in [-0.05, 0) is 42.8 Å². The van der Waals surface area contributed by atoms with Crippen molar-refractivity contribution in [3.05, 3.63) is 45.7 Å². The Hall–Kier alpha value is -1.61. The van der Waals surface area contributed by atoms with Gasteiger partial charge in [-0.25, -0.2) is 0 Å². The molecule has 1 aromatic carbocycles. The normalized spacial score (nSPS) is 16.3. The molecular weight excluding hydrogens is 236 g/mol. The van der Waals surface area contributed by atoms with E-state index in [0.29, 0.717) is 12.6 Å². The predicted octanol–water partition coefficient (Wildman–Crippen LogP) is 2.87. The number of aromatic nitrogens is 1. The number of H-pyrrole nitrogens is 1. The van der Waals surface area contributed by atoms with Crippen molar-refractivity contribution in [1.82, 2.24) is 10.3 Å². The first-order chi connectivity index (χ1) is 9.22. The number of benzene rings is 1. The van der Waals surface area contributed by atoms with Crippen molar-refractivity contribution in [1.29, 1.82) is 0 Å². The molecule has 1 fully saturated rings. The average molecular weight is 256 g/mol. The lowest BCUT2D eigenvalue weighted by atomic mass is 10.1. The molecule has 1 aromatic heterocycles. The fourth-order valence-corrected chi connectivity index (χ4v) is 2.88. The summed E-state index contributed by atoms with van der Waals surface area (Å²) < 4.78 is 0. The van der Waals surface area contributed by atoms with Gasteiger partial charge in [0.2, 0.25) is 0 Å². The number of pyridine rings is 1. The number of hydrogen-bond acceptors (Lipinski definition) is 2. The molecule has 0 bridgehead atoms. The molecule has 1 saturated carbocycles. The first kappa shape index (κ1) is 12.4. The maximum absolute atomic E-state index is 12.1. The maximum atomic E-state index is 12.1. The van der Waals surface area contributed by atoms with Crippen LogP contribution in [0.5, 0.6) is 0 Å². The lowest BCUT2D eigenvalue weighted by Gasteiger charge is -2.11. The van der Waals surface area contributed by atoms with Gasteiger partial charge in [0.1, 0.15) is 0 Å². The van der Waals surface area contributed by atoms with Crippen molar-refractivity contribution in [2.45, 2.75) is 45.2 Å². The highest BCUT2D eigenvalue weighted by Gasteiger charge is 2.14. The van der Waals surface area contributed by atoms with Crippen LogP contribution >= 0.6 is 0 Å². The molecule has 3 heteroatoms. The zero-order valence-corrected chi connectivity index (χ0v) is 11.3. The fraction of sp³-hybridized carbons (Fsp3) is 0.438. The number of aryl methyl sites for hydroxylation is 1. The second-order valence-electron chi connectivity index (χ2n) is 5.58. The second-order valence-corrected chi connectivity index (χ2v) is 5.58. The van der Waals surface area contributed by atoms with Gasteiger partial charge in [0, 0.05) is 23.7 Å². The minimum atomic E-state index is 0.0311. The summed E-state index contributed by atoms with van der Waals surface area (Å²) in [6.07, 6.45) is 5.10. The summed E-state index contributed by atoms with van der Waals surface area (Å²) >= 11 is 0. The lowest BCUT2D eigenvalue weighted by molar-refractivity contribution is 0.523. The highest BCUT2D eigenvalue weighted by Crippen LogP contribution is 2.18. The van der Waals surface area contributed by atoms with Gasteiger partial charge in [-0.15, -0.1) is 0 Å². The molecule has 3 rings (SSSR count). The van der Waals surface area contributed by atoms with Crippen LogP contribution in [-0.4, -0.2) is 11.0 Å². The number of nitrogens with one attached hydrogen (secondary N) is 2. The third kappa shape index (κ3) is 2.71.